The van der Waals surface area contributed by atoms with E-state index < -0.39 is 11.9 Å². The van der Waals surface area contributed by atoms with Crippen molar-refractivity contribution in [2.24, 2.45) is 0 Å². The summed E-state index contributed by atoms with van der Waals surface area (Å²) in [5, 5.41) is 14.7. The van der Waals surface area contributed by atoms with Gasteiger partial charge in [0.05, 0.1) is 23.6 Å². The van der Waals surface area contributed by atoms with Crippen LogP contribution in [0, 0.1) is 0 Å². The lowest BCUT2D eigenvalue weighted by Crippen LogP contribution is -2.36. The van der Waals surface area contributed by atoms with Gasteiger partial charge < -0.3 is 14.7 Å². The molecule has 1 amide bonds. The molecule has 0 atom stereocenters. The number of carboxylic acids is 1. The number of fused-ring (bicyclic) bond motifs is 1. The average molecular weight is 594 g/mol. The Morgan fingerprint density at radius 3 is 2.36 bits per heavy atom. The van der Waals surface area contributed by atoms with Crippen LogP contribution in [0.25, 0.3) is 16.8 Å². The Morgan fingerprint density at radius 2 is 1.70 bits per heavy atom. The van der Waals surface area contributed by atoms with E-state index in [1.165, 1.54) is 23.3 Å². The second-order valence-electron chi connectivity index (χ2n) is 11.5. The van der Waals surface area contributed by atoms with Crippen LogP contribution < -0.4 is 0 Å². The molecule has 2 heterocycles. The Labute approximate surface area is 258 Å². The maximum atomic E-state index is 14.3. The fraction of sp³-hybridized carbons (Fsp3) is 0.333. The SMILES string of the molecule is CCCCc1c(-c2ccc(C(=O)O)cc2C(=O)N2CCc3ccccc3C2)c(C(=O)OCC)nn1-c1ccc(C(C)C)cc1. The van der Waals surface area contributed by atoms with E-state index in [4.69, 9.17) is 9.84 Å². The molecule has 0 saturated carbocycles. The minimum atomic E-state index is -1.13. The monoisotopic (exact) mass is 593 g/mol. The lowest BCUT2D eigenvalue weighted by Gasteiger charge is -2.29. The molecule has 0 spiro atoms. The number of hydrogen-bond acceptors (Lipinski definition) is 5. The van der Waals surface area contributed by atoms with Crippen molar-refractivity contribution in [3.8, 4) is 16.8 Å². The molecule has 1 aliphatic heterocycles. The number of amides is 1. The second-order valence-corrected chi connectivity index (χ2v) is 11.5. The quantitative estimate of drug-likeness (QED) is 0.197. The second kappa shape index (κ2) is 13.3. The van der Waals surface area contributed by atoms with E-state index in [-0.39, 0.29) is 29.3 Å². The van der Waals surface area contributed by atoms with Crippen molar-refractivity contribution >= 4 is 17.8 Å². The number of esters is 1. The third-order valence-electron chi connectivity index (χ3n) is 8.21. The summed E-state index contributed by atoms with van der Waals surface area (Å²) >= 11 is 0. The first-order chi connectivity index (χ1) is 21.2. The first-order valence-corrected chi connectivity index (χ1v) is 15.4. The standard InChI is InChI=1S/C36H39N3O5/c1-5-7-12-31-32(33(36(43)44-6-2)37-39(31)28-16-13-24(14-17-28)23(3)4)29-18-15-26(35(41)42)21-30(29)34(40)38-20-19-25-10-8-9-11-27(25)22-38/h8-11,13-18,21,23H,5-7,12,19-20,22H2,1-4H3,(H,41,42). The normalized spacial score (nSPS) is 12.7. The molecule has 0 aliphatic carbocycles. The molecule has 0 bridgehead atoms. The van der Waals surface area contributed by atoms with E-state index >= 15 is 0 Å². The van der Waals surface area contributed by atoms with Gasteiger partial charge in [0, 0.05) is 24.2 Å². The third-order valence-corrected chi connectivity index (χ3v) is 8.21. The van der Waals surface area contributed by atoms with Gasteiger partial charge in [0.1, 0.15) is 0 Å². The lowest BCUT2D eigenvalue weighted by molar-refractivity contribution is 0.0518. The summed E-state index contributed by atoms with van der Waals surface area (Å²) in [6.07, 6.45) is 3.03. The molecule has 4 aromatic rings. The highest BCUT2D eigenvalue weighted by atomic mass is 16.5. The molecule has 1 aromatic heterocycles. The Kier molecular flexibility index (Phi) is 9.28. The number of benzene rings is 3. The molecule has 44 heavy (non-hydrogen) atoms. The number of ether oxygens (including phenoxy) is 1. The number of nitrogens with zero attached hydrogens (tertiary/aromatic N) is 3. The first kappa shape index (κ1) is 30.7. The molecule has 3 aromatic carbocycles. The Morgan fingerprint density at radius 1 is 0.977 bits per heavy atom. The van der Waals surface area contributed by atoms with E-state index in [1.54, 1.807) is 22.6 Å². The molecule has 0 radical (unpaired) electrons. The molecule has 0 fully saturated rings. The molecular weight excluding hydrogens is 554 g/mol. The molecular formula is C36H39N3O5. The van der Waals surface area contributed by atoms with Gasteiger partial charge in [0.15, 0.2) is 5.69 Å². The number of carboxylic acid groups (broad SMARTS) is 1. The molecule has 1 aliphatic rings. The summed E-state index contributed by atoms with van der Waals surface area (Å²) in [7, 11) is 0. The number of aromatic carboxylic acids is 1. The van der Waals surface area contributed by atoms with Crippen molar-refractivity contribution in [3.05, 3.63) is 106 Å². The van der Waals surface area contributed by atoms with Crippen LogP contribution in [0.2, 0.25) is 0 Å². The predicted molar refractivity (Wildman–Crippen MR) is 170 cm³/mol. The van der Waals surface area contributed by atoms with Crippen molar-refractivity contribution in [3.63, 3.8) is 0 Å². The van der Waals surface area contributed by atoms with Crippen LogP contribution in [0.15, 0.2) is 66.7 Å². The molecule has 228 valence electrons. The summed E-state index contributed by atoms with van der Waals surface area (Å²) < 4.78 is 7.24. The van der Waals surface area contributed by atoms with Crippen LogP contribution in [0.1, 0.15) is 100 Å². The summed E-state index contributed by atoms with van der Waals surface area (Å²) in [5.41, 5.74) is 6.31. The van der Waals surface area contributed by atoms with Gasteiger partial charge in [-0.25, -0.2) is 14.3 Å². The molecule has 8 nitrogen and oxygen atoms in total. The average Bonchev–Trinajstić information content (AvgIpc) is 3.42. The predicted octanol–water partition coefficient (Wildman–Crippen LogP) is 7.08. The zero-order valence-corrected chi connectivity index (χ0v) is 25.8. The van der Waals surface area contributed by atoms with Crippen molar-refractivity contribution in [2.75, 3.05) is 13.2 Å². The maximum Gasteiger partial charge on any atom is 0.359 e. The van der Waals surface area contributed by atoms with Crippen molar-refractivity contribution < 1.29 is 24.2 Å². The van der Waals surface area contributed by atoms with E-state index in [9.17, 15) is 19.5 Å². The van der Waals surface area contributed by atoms with Gasteiger partial charge in [0.2, 0.25) is 0 Å². The minimum Gasteiger partial charge on any atom is -0.478 e. The van der Waals surface area contributed by atoms with E-state index in [0.29, 0.717) is 43.0 Å². The molecule has 1 N–H and O–H groups in total. The topological polar surface area (TPSA) is 102 Å². The van der Waals surface area contributed by atoms with Crippen LogP contribution in [-0.2, 0) is 24.1 Å². The highest BCUT2D eigenvalue weighted by Gasteiger charge is 2.31. The van der Waals surface area contributed by atoms with Crippen LogP contribution >= 0.6 is 0 Å². The zero-order valence-electron chi connectivity index (χ0n) is 25.8. The molecule has 0 saturated heterocycles. The van der Waals surface area contributed by atoms with Gasteiger partial charge in [-0.05, 0) is 78.6 Å². The summed E-state index contributed by atoms with van der Waals surface area (Å²) in [6.45, 7) is 9.17. The summed E-state index contributed by atoms with van der Waals surface area (Å²) in [4.78, 5) is 41.6. The number of aromatic nitrogens is 2. The van der Waals surface area contributed by atoms with Crippen LogP contribution in [0.4, 0.5) is 0 Å². The summed E-state index contributed by atoms with van der Waals surface area (Å²) in [5.74, 6) is -1.66. The van der Waals surface area contributed by atoms with Crippen molar-refractivity contribution in [1.29, 1.82) is 0 Å². The Hall–Kier alpha value is -4.72. The van der Waals surface area contributed by atoms with E-state index in [0.717, 1.165) is 29.8 Å². The Balaban J connectivity index is 1.71. The van der Waals surface area contributed by atoms with Crippen LogP contribution in [0.3, 0.4) is 0 Å². The van der Waals surface area contributed by atoms with Gasteiger partial charge in [0.25, 0.3) is 5.91 Å². The summed E-state index contributed by atoms with van der Waals surface area (Å²) in [6, 6.07) is 20.7. The van der Waals surface area contributed by atoms with Crippen molar-refractivity contribution in [1.82, 2.24) is 14.7 Å². The van der Waals surface area contributed by atoms with Gasteiger partial charge in [-0.2, -0.15) is 5.10 Å². The smallest absolute Gasteiger partial charge is 0.359 e. The van der Waals surface area contributed by atoms with Crippen LogP contribution in [-0.4, -0.2) is 50.8 Å². The van der Waals surface area contributed by atoms with Gasteiger partial charge >= 0.3 is 11.9 Å². The van der Waals surface area contributed by atoms with Crippen LogP contribution in [0.5, 0.6) is 0 Å². The van der Waals surface area contributed by atoms with Gasteiger partial charge in [-0.3, -0.25) is 4.79 Å². The molecule has 5 rings (SSSR count). The number of hydrogen-bond donors (Lipinski definition) is 1. The number of unbranched alkanes of at least 4 members (excludes halogenated alkanes) is 1. The number of carbonyl (C=O) groups is 3. The molecule has 8 heteroatoms. The number of rotatable bonds is 10. The lowest BCUT2D eigenvalue weighted by atomic mass is 9.92. The van der Waals surface area contributed by atoms with Gasteiger partial charge in [-0.1, -0.05) is 69.7 Å². The van der Waals surface area contributed by atoms with E-state index in [2.05, 4.69) is 39.0 Å². The Bertz CT molecular complexity index is 1690. The maximum absolute atomic E-state index is 14.3. The number of carbonyl (C=O) groups excluding carboxylic acids is 2. The fourth-order valence-electron chi connectivity index (χ4n) is 5.78. The third kappa shape index (κ3) is 6.16. The van der Waals surface area contributed by atoms with E-state index in [1.807, 2.05) is 30.3 Å². The highest BCUT2D eigenvalue weighted by molar-refractivity contribution is 6.06. The largest absolute Gasteiger partial charge is 0.478 e. The van der Waals surface area contributed by atoms with Gasteiger partial charge in [-0.15, -0.1) is 0 Å². The fourth-order valence-corrected chi connectivity index (χ4v) is 5.78. The first-order valence-electron chi connectivity index (χ1n) is 15.4. The minimum absolute atomic E-state index is 0.000955. The zero-order chi connectivity index (χ0) is 31.4. The molecule has 0 unspecified atom stereocenters. The highest BCUT2D eigenvalue weighted by Crippen LogP contribution is 2.36. The van der Waals surface area contributed by atoms with Crippen molar-refractivity contribution in [2.45, 2.75) is 65.8 Å².